The minimum Gasteiger partial charge on any atom is -0.385 e. The van der Waals surface area contributed by atoms with E-state index in [2.05, 4.69) is 85.5 Å². The highest BCUT2D eigenvalue weighted by molar-refractivity contribution is 7.97. The van der Waals surface area contributed by atoms with Crippen LogP contribution in [0.25, 0.3) is 5.57 Å². The Morgan fingerprint density at radius 2 is 1.88 bits per heavy atom. The van der Waals surface area contributed by atoms with Crippen LogP contribution in [-0.2, 0) is 0 Å². The lowest BCUT2D eigenvalue weighted by Gasteiger charge is -2.23. The van der Waals surface area contributed by atoms with Gasteiger partial charge in [-0.1, -0.05) is 43.3 Å². The van der Waals surface area contributed by atoms with E-state index < -0.39 is 0 Å². The average Bonchev–Trinajstić information content (AvgIpc) is 2.57. The third kappa shape index (κ3) is 5.43. The zero-order chi connectivity index (χ0) is 17.4. The molecule has 0 saturated heterocycles. The summed E-state index contributed by atoms with van der Waals surface area (Å²) in [6, 6.07) is 17.1. The van der Waals surface area contributed by atoms with Crippen LogP contribution < -0.4 is 5.32 Å². The summed E-state index contributed by atoms with van der Waals surface area (Å²) in [4.78, 5) is 1.27. The molecule has 0 radical (unpaired) electrons. The van der Waals surface area contributed by atoms with Crippen LogP contribution >= 0.6 is 11.9 Å². The zero-order valence-corrected chi connectivity index (χ0v) is 15.8. The number of benzene rings is 2. The summed E-state index contributed by atoms with van der Waals surface area (Å²) in [6.45, 7) is 13.7. The Kier molecular flexibility index (Phi) is 7.41. The van der Waals surface area contributed by atoms with Gasteiger partial charge in [-0.2, -0.15) is 0 Å². The summed E-state index contributed by atoms with van der Waals surface area (Å²) in [6.07, 6.45) is 1.13. The van der Waals surface area contributed by atoms with Crippen molar-refractivity contribution in [3.05, 3.63) is 66.2 Å². The van der Waals surface area contributed by atoms with Crippen molar-refractivity contribution in [3.63, 3.8) is 0 Å². The first-order valence-corrected chi connectivity index (χ1v) is 9.42. The van der Waals surface area contributed by atoms with Gasteiger partial charge in [-0.25, -0.2) is 4.31 Å². The molecule has 0 spiro atoms. The normalized spacial score (nSPS) is 10.8. The van der Waals surface area contributed by atoms with Crippen LogP contribution in [0.4, 0.5) is 5.69 Å². The second kappa shape index (κ2) is 9.55. The minimum absolute atomic E-state index is 0.856. The summed E-state index contributed by atoms with van der Waals surface area (Å²) in [5.41, 5.74) is 4.83. The van der Waals surface area contributed by atoms with Crippen molar-refractivity contribution >= 4 is 23.2 Å². The third-order valence-corrected chi connectivity index (χ3v) is 4.79. The van der Waals surface area contributed by atoms with Gasteiger partial charge in [-0.05, 0) is 62.1 Å². The Morgan fingerprint density at radius 3 is 2.54 bits per heavy atom. The molecule has 0 saturated carbocycles. The van der Waals surface area contributed by atoms with E-state index in [1.54, 1.807) is 0 Å². The molecule has 0 amide bonds. The van der Waals surface area contributed by atoms with Gasteiger partial charge in [0.25, 0.3) is 0 Å². The molecule has 3 heteroatoms. The lowest BCUT2D eigenvalue weighted by molar-refractivity contribution is 0.522. The molecule has 0 fully saturated rings. The monoisotopic (exact) mass is 340 g/mol. The molecule has 0 heterocycles. The highest BCUT2D eigenvalue weighted by Gasteiger charge is 2.12. The molecule has 2 aromatic carbocycles. The lowest BCUT2D eigenvalue weighted by atomic mass is 10.0. The van der Waals surface area contributed by atoms with Crippen molar-refractivity contribution in [2.24, 2.45) is 0 Å². The molecule has 0 aliphatic rings. The van der Waals surface area contributed by atoms with E-state index in [0.717, 1.165) is 31.6 Å². The molecule has 0 unspecified atom stereocenters. The van der Waals surface area contributed by atoms with Crippen LogP contribution in [-0.4, -0.2) is 23.9 Å². The van der Waals surface area contributed by atoms with Crippen LogP contribution in [0.3, 0.4) is 0 Å². The maximum absolute atomic E-state index is 4.38. The standard InChI is InChI=1S/C21H28N2S/c1-5-14-23(24-19-10-8-7-9-11-19)16-18(4)20-15-17(3)12-13-21(20)22-6-2/h7-13,15,22H,4-6,14,16H2,1-3H3. The first-order valence-electron chi connectivity index (χ1n) is 8.64. The van der Waals surface area contributed by atoms with Crippen LogP contribution in [0.5, 0.6) is 0 Å². The summed E-state index contributed by atoms with van der Waals surface area (Å²) >= 11 is 1.81. The molecule has 0 aliphatic carbocycles. The SMILES string of the molecule is C=C(CN(CCC)Sc1ccccc1)c1cc(C)ccc1NCC. The third-order valence-electron chi connectivity index (χ3n) is 3.74. The van der Waals surface area contributed by atoms with Crippen LogP contribution in [0.2, 0.25) is 0 Å². The maximum atomic E-state index is 4.38. The van der Waals surface area contributed by atoms with Gasteiger partial charge in [-0.15, -0.1) is 0 Å². The molecule has 1 N–H and O–H groups in total. The predicted molar refractivity (Wildman–Crippen MR) is 109 cm³/mol. The molecule has 24 heavy (non-hydrogen) atoms. The van der Waals surface area contributed by atoms with Crippen molar-refractivity contribution < 1.29 is 0 Å². The summed E-state index contributed by atoms with van der Waals surface area (Å²) in [5, 5.41) is 3.45. The summed E-state index contributed by atoms with van der Waals surface area (Å²) in [5.74, 6) is 0. The van der Waals surface area contributed by atoms with Gasteiger partial charge in [0, 0.05) is 35.8 Å². The smallest absolute Gasteiger partial charge is 0.0416 e. The van der Waals surface area contributed by atoms with Crippen molar-refractivity contribution in [2.75, 3.05) is 25.0 Å². The van der Waals surface area contributed by atoms with Gasteiger partial charge in [0.1, 0.15) is 0 Å². The fourth-order valence-electron chi connectivity index (χ4n) is 2.63. The van der Waals surface area contributed by atoms with Crippen LogP contribution in [0.1, 0.15) is 31.4 Å². The predicted octanol–water partition coefficient (Wildman–Crippen LogP) is 5.86. The molecular weight excluding hydrogens is 312 g/mol. The van der Waals surface area contributed by atoms with Gasteiger partial charge < -0.3 is 5.32 Å². The zero-order valence-electron chi connectivity index (χ0n) is 15.0. The topological polar surface area (TPSA) is 15.3 Å². The second-order valence-electron chi connectivity index (χ2n) is 5.95. The Hall–Kier alpha value is -1.71. The van der Waals surface area contributed by atoms with Crippen molar-refractivity contribution in [3.8, 4) is 0 Å². The number of hydrogen-bond donors (Lipinski definition) is 1. The molecule has 2 aromatic rings. The largest absolute Gasteiger partial charge is 0.385 e. The molecule has 0 bridgehead atoms. The minimum atomic E-state index is 0.856. The van der Waals surface area contributed by atoms with E-state index in [4.69, 9.17) is 0 Å². The number of nitrogens with zero attached hydrogens (tertiary/aromatic N) is 1. The quantitative estimate of drug-likeness (QED) is 0.576. The van der Waals surface area contributed by atoms with E-state index >= 15 is 0 Å². The van der Waals surface area contributed by atoms with E-state index in [-0.39, 0.29) is 0 Å². The number of anilines is 1. The Bertz CT molecular complexity index is 652. The van der Waals surface area contributed by atoms with Gasteiger partial charge in [0.05, 0.1) is 0 Å². The molecule has 0 aromatic heterocycles. The van der Waals surface area contributed by atoms with Crippen molar-refractivity contribution in [2.45, 2.75) is 32.1 Å². The van der Waals surface area contributed by atoms with Gasteiger partial charge >= 0.3 is 0 Å². The van der Waals surface area contributed by atoms with E-state index in [0.29, 0.717) is 0 Å². The number of hydrogen-bond acceptors (Lipinski definition) is 3. The molecule has 0 atom stereocenters. The maximum Gasteiger partial charge on any atom is 0.0416 e. The van der Waals surface area contributed by atoms with Gasteiger partial charge in [0.15, 0.2) is 0 Å². The highest BCUT2D eigenvalue weighted by atomic mass is 32.2. The molecule has 0 aliphatic heterocycles. The average molecular weight is 341 g/mol. The van der Waals surface area contributed by atoms with Crippen molar-refractivity contribution in [1.82, 2.24) is 4.31 Å². The fourth-order valence-corrected chi connectivity index (χ4v) is 3.70. The van der Waals surface area contributed by atoms with Crippen LogP contribution in [0.15, 0.2) is 60.0 Å². The second-order valence-corrected chi connectivity index (χ2v) is 7.12. The first kappa shape index (κ1) is 18.6. The molecule has 128 valence electrons. The summed E-state index contributed by atoms with van der Waals surface area (Å²) < 4.78 is 2.40. The lowest BCUT2D eigenvalue weighted by Crippen LogP contribution is -2.19. The number of rotatable bonds is 9. The Balaban J connectivity index is 2.14. The Morgan fingerprint density at radius 1 is 1.12 bits per heavy atom. The summed E-state index contributed by atoms with van der Waals surface area (Å²) in [7, 11) is 0. The first-order chi connectivity index (χ1) is 11.6. The van der Waals surface area contributed by atoms with E-state index in [9.17, 15) is 0 Å². The number of nitrogens with one attached hydrogen (secondary N) is 1. The number of aryl methyl sites for hydroxylation is 1. The van der Waals surface area contributed by atoms with Gasteiger partial charge in [0.2, 0.25) is 0 Å². The van der Waals surface area contributed by atoms with Gasteiger partial charge in [-0.3, -0.25) is 0 Å². The molecule has 2 nitrogen and oxygen atoms in total. The highest BCUT2D eigenvalue weighted by Crippen LogP contribution is 2.29. The van der Waals surface area contributed by atoms with Crippen LogP contribution in [0, 0.1) is 6.92 Å². The Labute approximate surface area is 151 Å². The fraction of sp³-hybridized carbons (Fsp3) is 0.333. The molecule has 2 rings (SSSR count). The molecular formula is C21H28N2S. The van der Waals surface area contributed by atoms with E-state index in [1.165, 1.54) is 21.7 Å². The van der Waals surface area contributed by atoms with Crippen molar-refractivity contribution in [1.29, 1.82) is 0 Å². The van der Waals surface area contributed by atoms with E-state index in [1.807, 2.05) is 11.9 Å².